The second-order valence-corrected chi connectivity index (χ2v) is 36.6. The maximum absolute atomic E-state index is 14.5. The van der Waals surface area contributed by atoms with Gasteiger partial charge in [0.05, 0.1) is 37.2 Å². The summed E-state index contributed by atoms with van der Waals surface area (Å²) in [7, 11) is 13.0. The number of hydrogen-bond acceptors (Lipinski definition) is 17. The fraction of sp³-hybridized carbons (Fsp3) is 0.226. The summed E-state index contributed by atoms with van der Waals surface area (Å²) in [5.74, 6) is -3.09. The first kappa shape index (κ1) is 81.7. The van der Waals surface area contributed by atoms with Crippen molar-refractivity contribution in [3.63, 3.8) is 0 Å². The van der Waals surface area contributed by atoms with Crippen LogP contribution in [0.3, 0.4) is 0 Å². The Morgan fingerprint density at radius 2 is 0.830 bits per heavy atom. The molecule has 2 saturated carbocycles. The topological polar surface area (TPSA) is 264 Å². The number of carbonyl (C=O) groups excluding carboxylic acids is 2. The number of ether oxygens (including phenoxy) is 3. The highest BCUT2D eigenvalue weighted by molar-refractivity contribution is 8.68. The Balaban J connectivity index is 0.000000212. The van der Waals surface area contributed by atoms with Gasteiger partial charge in [0, 0.05) is 196 Å². The normalized spacial score (nSPS) is 14.4. The van der Waals surface area contributed by atoms with Gasteiger partial charge in [0.25, 0.3) is 17.1 Å². The van der Waals surface area contributed by atoms with Crippen LogP contribution in [-0.4, -0.2) is 73.6 Å². The molecule has 38 heteroatoms. The first-order valence-electron chi connectivity index (χ1n) is 29.1. The van der Waals surface area contributed by atoms with Crippen LogP contribution < -0.4 is 25.3 Å². The summed E-state index contributed by atoms with van der Waals surface area (Å²) < 4.78 is 97.7. The summed E-state index contributed by atoms with van der Waals surface area (Å²) in [5, 5.41) is 35.4. The van der Waals surface area contributed by atoms with E-state index < -0.39 is 56.1 Å². The number of nitrogens with two attached hydrogens (primary N) is 1. The summed E-state index contributed by atoms with van der Waals surface area (Å²) in [6.07, 6.45) is 0.766. The lowest BCUT2D eigenvalue weighted by Gasteiger charge is -2.36. The molecule has 5 N–H and O–H groups in total. The molecular formula is C62H56F6N8O11S13. The molecule has 2 aromatic heterocycles. The fourth-order valence-electron chi connectivity index (χ4n) is 10.0. The van der Waals surface area contributed by atoms with E-state index in [9.17, 15) is 66.3 Å². The van der Waals surface area contributed by atoms with Crippen molar-refractivity contribution >= 4 is 176 Å². The van der Waals surface area contributed by atoms with Crippen molar-refractivity contribution < 1.29 is 64.9 Å². The van der Waals surface area contributed by atoms with E-state index >= 15 is 0 Å². The minimum absolute atomic E-state index is 0.0671. The summed E-state index contributed by atoms with van der Waals surface area (Å²) in [6, 6.07) is 30.6. The van der Waals surface area contributed by atoms with Gasteiger partial charge in [-0.15, -0.1) is 0 Å². The van der Waals surface area contributed by atoms with Gasteiger partial charge in [0.2, 0.25) is 0 Å². The third-order valence-corrected chi connectivity index (χ3v) is 30.3. The Hall–Kier alpha value is -7.28. The quantitative estimate of drug-likeness (QED) is 0.0259. The van der Waals surface area contributed by atoms with Gasteiger partial charge >= 0.3 is 12.2 Å². The van der Waals surface area contributed by atoms with Crippen LogP contribution in [0.5, 0.6) is 17.2 Å². The fourth-order valence-corrected chi connectivity index (χ4v) is 23.8. The molecule has 9 aromatic rings. The lowest BCUT2D eigenvalue weighted by molar-refractivity contribution is -0.385. The van der Waals surface area contributed by atoms with Crippen LogP contribution in [0.15, 0.2) is 146 Å². The minimum atomic E-state index is -1.07. The molecule has 0 spiro atoms. The van der Waals surface area contributed by atoms with E-state index in [0.717, 1.165) is 36.1 Å². The van der Waals surface area contributed by atoms with Crippen molar-refractivity contribution in [3.05, 3.63) is 222 Å². The van der Waals surface area contributed by atoms with Crippen molar-refractivity contribution in [2.24, 2.45) is 5.73 Å². The van der Waals surface area contributed by atoms with Crippen LogP contribution in [0.4, 0.5) is 53.0 Å². The Bertz CT molecular complexity index is 4680. The smallest absolute Gasteiger partial charge is 0.410 e. The van der Waals surface area contributed by atoms with Crippen LogP contribution in [0.1, 0.15) is 69.4 Å². The summed E-state index contributed by atoms with van der Waals surface area (Å²) in [4.78, 5) is 62.2. The third kappa shape index (κ3) is 24.8. The molecule has 0 saturated heterocycles. The van der Waals surface area contributed by atoms with Crippen molar-refractivity contribution in [1.82, 2.24) is 20.2 Å². The van der Waals surface area contributed by atoms with Crippen molar-refractivity contribution in [2.45, 2.75) is 70.4 Å². The maximum Gasteiger partial charge on any atom is 0.519 e. The van der Waals surface area contributed by atoms with Crippen LogP contribution in [0.25, 0.3) is 44.3 Å². The van der Waals surface area contributed by atoms with Crippen molar-refractivity contribution in [2.75, 3.05) is 19.6 Å². The predicted molar refractivity (Wildman–Crippen MR) is 407 cm³/mol. The molecule has 11 rings (SSSR count). The van der Waals surface area contributed by atoms with Gasteiger partial charge in [-0.1, -0.05) is 20.8 Å². The number of non-ortho nitro benzene ring substituents is 3. The molecular weight excluding hydrogens is 1560 g/mol. The molecule has 0 aliphatic heterocycles. The first-order chi connectivity index (χ1) is 47.9. The van der Waals surface area contributed by atoms with Gasteiger partial charge in [-0.05, 0) is 176 Å². The van der Waals surface area contributed by atoms with E-state index in [2.05, 4.69) is 85.7 Å². The zero-order valence-electron chi connectivity index (χ0n) is 52.0. The van der Waals surface area contributed by atoms with E-state index in [4.69, 9.17) is 19.9 Å². The molecule has 7 aromatic carbocycles. The number of aromatic amines is 2. The second-order valence-electron chi connectivity index (χ2n) is 20.7. The van der Waals surface area contributed by atoms with Gasteiger partial charge in [-0.25, -0.2) is 35.9 Å². The van der Waals surface area contributed by atoms with Crippen LogP contribution in [0, 0.1) is 65.2 Å². The highest BCUT2D eigenvalue weighted by Crippen LogP contribution is 2.47. The number of nitrogens with zero attached hydrogens (tertiary/aromatic N) is 4. The number of aromatic nitrogens is 2. The van der Waals surface area contributed by atoms with Crippen LogP contribution in [0.2, 0.25) is 0 Å². The number of amides is 1. The number of rotatable bonds is 14. The molecule has 2 heterocycles. The first-order valence-corrected chi connectivity index (χ1v) is 43.7. The molecule has 19 nitrogen and oxygen atoms in total. The van der Waals surface area contributed by atoms with Crippen molar-refractivity contribution in [3.8, 4) is 39.8 Å². The number of halogens is 6. The molecule has 530 valence electrons. The Morgan fingerprint density at radius 1 is 0.500 bits per heavy atom. The molecule has 2 fully saturated rings. The number of hydrogen-bond donors (Lipinski definition) is 4. The van der Waals surface area contributed by atoms with Gasteiger partial charge in [0.1, 0.15) is 52.2 Å². The molecule has 0 unspecified atom stereocenters. The monoisotopic (exact) mass is 1620 g/mol. The van der Waals surface area contributed by atoms with Gasteiger partial charge in [-0.2, -0.15) is 0 Å². The second kappa shape index (κ2) is 41.6. The summed E-state index contributed by atoms with van der Waals surface area (Å²) in [6.45, 7) is 10.1. The molecule has 2 aliphatic rings. The largest absolute Gasteiger partial charge is 0.519 e. The van der Waals surface area contributed by atoms with E-state index in [0.29, 0.717) is 46.1 Å². The van der Waals surface area contributed by atoms with Crippen molar-refractivity contribution in [1.29, 1.82) is 0 Å². The Morgan fingerprint density at radius 3 is 1.14 bits per heavy atom. The number of nitro benzene ring substituents is 3. The third-order valence-electron chi connectivity index (χ3n) is 14.7. The molecule has 0 atom stereocenters. The molecule has 1 amide bonds. The Labute approximate surface area is 612 Å². The summed E-state index contributed by atoms with van der Waals surface area (Å²) in [5.41, 5.74) is 10.1. The predicted octanol–water partition coefficient (Wildman–Crippen LogP) is 15.0. The number of fused-ring (bicyclic) bond motifs is 2. The molecule has 100 heavy (non-hydrogen) atoms. The van der Waals surface area contributed by atoms with Crippen LogP contribution >= 0.6 is 0 Å². The average molecular weight is 1620 g/mol. The number of nitro groups is 3. The Kier molecular flexibility index (Phi) is 34.0. The van der Waals surface area contributed by atoms with E-state index in [1.165, 1.54) is 182 Å². The standard InChI is InChI=1S/C25H18F3N3O4.C18H15F3N2.C13H8N2O7.C6H15N.S7.S6/c26-15-3-1-13(2-4-15)23-22(20-11-16(27)12-21(28)24(20)30-23)14-9-17(10-14)29-25(32)35-19-7-5-18(6-8-19)31(33)34;19-11-3-1-9(2-4-11)17-16(10-5-13(22)6-10)14-7-12(20)8-15(21)18(14)23-17;16-13(21-11-5-1-9(2-6-11)14(17)18)22-12-7-3-10(4-8-12)15(19)20;1-4-7(5-2)6-3;1-3-5-7-6-4-2;1-3-5-6-4-2/h1-8,11-12,14,17,30H,9-10H2,(H,29,32);1-4,7-8,10,13,23H,5-6,22H2;1-8H;4-6H2,1-3H3;;. The number of carbonyl (C=O) groups is 2. The van der Waals surface area contributed by atoms with Gasteiger partial charge in [0.15, 0.2) is 0 Å². The molecule has 0 radical (unpaired) electrons. The lowest BCUT2D eigenvalue weighted by atomic mass is 9.74. The minimum Gasteiger partial charge on any atom is -0.410 e. The number of H-pyrrole nitrogens is 2. The zero-order valence-corrected chi connectivity index (χ0v) is 62.7. The lowest BCUT2D eigenvalue weighted by Crippen LogP contribution is -2.44. The van der Waals surface area contributed by atoms with E-state index in [1.807, 2.05) is 0 Å². The van der Waals surface area contributed by atoms with Gasteiger partial charge in [-0.3, -0.25) is 30.3 Å². The molecule has 2 aliphatic carbocycles. The van der Waals surface area contributed by atoms with E-state index in [1.54, 1.807) is 50.9 Å². The van der Waals surface area contributed by atoms with E-state index in [-0.39, 0.29) is 75.1 Å². The average Bonchev–Trinajstić information content (AvgIpc) is 1.59. The molecule has 0 bridgehead atoms. The van der Waals surface area contributed by atoms with Gasteiger partial charge < -0.3 is 40.1 Å². The maximum atomic E-state index is 14.5. The number of nitrogens with one attached hydrogen (secondary N) is 3. The zero-order chi connectivity index (χ0) is 73.0. The number of benzene rings is 7. The SMILES string of the molecule is CCN(CC)CC.NC1CC(c2c(-c3ccc(F)cc3)[nH]c3c(F)cc(F)cc23)C1.O=C(NC1CC(c2c(-c3ccc(F)cc3)[nH]c3c(F)cc(F)cc23)C1)Oc1ccc([N+](=O)[O-])cc1.O=C(Oc1ccc([N+](=O)[O-])cc1)Oc1ccc([N+](=O)[O-])cc1.S=S=S=S=S=S.S=S=S=S=S=S=S. The van der Waals surface area contributed by atoms with Crippen LogP contribution in [-0.2, 0) is 125 Å². The summed E-state index contributed by atoms with van der Waals surface area (Å²) >= 11 is 18.2. The highest BCUT2D eigenvalue weighted by Gasteiger charge is 2.37. The highest BCUT2D eigenvalue weighted by atomic mass is 33.4.